The van der Waals surface area contributed by atoms with Crippen molar-refractivity contribution in [1.82, 2.24) is 5.32 Å². The van der Waals surface area contributed by atoms with Crippen molar-refractivity contribution in [2.75, 3.05) is 0 Å². The quantitative estimate of drug-likeness (QED) is 0.908. The van der Waals surface area contributed by atoms with Gasteiger partial charge in [-0.05, 0) is 44.3 Å². The fourth-order valence-corrected chi connectivity index (χ4v) is 2.85. The van der Waals surface area contributed by atoms with Crippen LogP contribution in [-0.2, 0) is 0 Å². The van der Waals surface area contributed by atoms with E-state index in [4.69, 9.17) is 5.26 Å². The lowest BCUT2D eigenvalue weighted by Crippen LogP contribution is -2.32. The Morgan fingerprint density at radius 1 is 1.73 bits per heavy atom. The molecule has 0 aliphatic rings. The van der Waals surface area contributed by atoms with Gasteiger partial charge in [-0.15, -0.1) is 11.3 Å². The molecule has 1 amide bonds. The monoisotopic (exact) mass is 350 g/mol. The molecule has 1 heterocycles. The first kappa shape index (κ1) is 12.7. The molecule has 0 saturated heterocycles. The molecular weight excluding hydrogens is 344 g/mol. The Kier molecular flexibility index (Phi) is 4.77. The minimum Gasteiger partial charge on any atom is -0.336 e. The Balaban J connectivity index is 2.74. The molecule has 0 radical (unpaired) electrons. The molecule has 0 bridgehead atoms. The first-order valence-corrected chi connectivity index (χ1v) is 6.64. The molecule has 1 atom stereocenters. The van der Waals surface area contributed by atoms with Gasteiger partial charge in [0, 0.05) is 4.47 Å². The third kappa shape index (κ3) is 3.30. The van der Waals surface area contributed by atoms with Gasteiger partial charge in [-0.3, -0.25) is 4.79 Å². The van der Waals surface area contributed by atoms with E-state index in [0.717, 1.165) is 8.26 Å². The molecule has 1 aromatic heterocycles. The molecule has 0 aromatic carbocycles. The summed E-state index contributed by atoms with van der Waals surface area (Å²) in [5, 5.41) is 11.3. The highest BCUT2D eigenvalue weighted by molar-refractivity contribution is 9.13. The number of hydrogen-bond acceptors (Lipinski definition) is 3. The second-order valence-electron chi connectivity index (χ2n) is 2.80. The van der Waals surface area contributed by atoms with Crippen LogP contribution in [0.4, 0.5) is 0 Å². The van der Waals surface area contributed by atoms with E-state index in [-0.39, 0.29) is 5.91 Å². The third-order valence-corrected chi connectivity index (χ3v) is 4.99. The molecule has 0 aliphatic heterocycles. The van der Waals surface area contributed by atoms with E-state index in [1.54, 1.807) is 6.07 Å². The van der Waals surface area contributed by atoms with Crippen LogP contribution in [0.3, 0.4) is 0 Å². The van der Waals surface area contributed by atoms with E-state index in [0.29, 0.717) is 11.3 Å². The molecule has 1 aromatic rings. The number of carbonyl (C=O) groups excluding carboxylic acids is 1. The lowest BCUT2D eigenvalue weighted by molar-refractivity contribution is 0.0948. The van der Waals surface area contributed by atoms with Crippen molar-refractivity contribution in [3.63, 3.8) is 0 Å². The number of rotatable bonds is 3. The fourth-order valence-electron chi connectivity index (χ4n) is 0.913. The van der Waals surface area contributed by atoms with Crippen molar-refractivity contribution in [2.45, 2.75) is 19.4 Å². The van der Waals surface area contributed by atoms with E-state index in [1.165, 1.54) is 11.3 Å². The molecular formula is C9H8Br2N2OS. The first-order chi connectivity index (χ1) is 7.08. The van der Waals surface area contributed by atoms with Crippen molar-refractivity contribution >= 4 is 49.1 Å². The molecule has 80 valence electrons. The van der Waals surface area contributed by atoms with Gasteiger partial charge in [0.1, 0.15) is 6.04 Å². The molecule has 15 heavy (non-hydrogen) atoms. The number of nitrogens with one attached hydrogen (secondary N) is 1. The summed E-state index contributed by atoms with van der Waals surface area (Å²) in [6.07, 6.45) is 0.607. The number of hydrogen-bond donors (Lipinski definition) is 1. The summed E-state index contributed by atoms with van der Waals surface area (Å²) in [6.45, 7) is 1.86. The molecule has 0 saturated carbocycles. The van der Waals surface area contributed by atoms with Crippen molar-refractivity contribution in [3.05, 3.63) is 19.2 Å². The van der Waals surface area contributed by atoms with Crippen molar-refractivity contribution in [3.8, 4) is 6.07 Å². The number of thiophene rings is 1. The summed E-state index contributed by atoms with van der Waals surface area (Å²) in [7, 11) is 0. The summed E-state index contributed by atoms with van der Waals surface area (Å²) in [5.74, 6) is -0.209. The van der Waals surface area contributed by atoms with Crippen LogP contribution in [0.25, 0.3) is 0 Å². The number of carbonyl (C=O) groups is 1. The van der Waals surface area contributed by atoms with Crippen LogP contribution in [0.2, 0.25) is 0 Å². The van der Waals surface area contributed by atoms with Crippen molar-refractivity contribution in [2.24, 2.45) is 0 Å². The SMILES string of the molecule is CCC(C#N)NC(=O)c1cc(Br)c(Br)s1. The Morgan fingerprint density at radius 3 is 2.80 bits per heavy atom. The van der Waals surface area contributed by atoms with Crippen LogP contribution in [-0.4, -0.2) is 11.9 Å². The Hall–Kier alpha value is -0.380. The number of nitrogens with zero attached hydrogens (tertiary/aromatic N) is 1. The maximum atomic E-state index is 11.6. The second kappa shape index (κ2) is 5.64. The second-order valence-corrected chi connectivity index (χ2v) is 6.02. The van der Waals surface area contributed by atoms with Crippen LogP contribution in [0, 0.1) is 11.3 Å². The molecule has 1 rings (SSSR count). The molecule has 0 aliphatic carbocycles. The summed E-state index contributed by atoms with van der Waals surface area (Å²) in [4.78, 5) is 12.2. The zero-order valence-corrected chi connectivity index (χ0v) is 11.9. The van der Waals surface area contributed by atoms with Crippen molar-refractivity contribution in [1.29, 1.82) is 5.26 Å². The van der Waals surface area contributed by atoms with Gasteiger partial charge in [-0.1, -0.05) is 6.92 Å². The molecule has 0 fully saturated rings. The first-order valence-electron chi connectivity index (χ1n) is 4.23. The van der Waals surface area contributed by atoms with Gasteiger partial charge in [-0.2, -0.15) is 5.26 Å². The summed E-state index contributed by atoms with van der Waals surface area (Å²) in [6, 6.07) is 3.33. The number of nitriles is 1. The minimum absolute atomic E-state index is 0.209. The maximum absolute atomic E-state index is 11.6. The molecule has 1 unspecified atom stereocenters. The highest BCUT2D eigenvalue weighted by Crippen LogP contribution is 2.32. The Bertz CT molecular complexity index is 391. The Labute approximate surface area is 109 Å². The van der Waals surface area contributed by atoms with Gasteiger partial charge < -0.3 is 5.32 Å². The predicted octanol–water partition coefficient (Wildman–Crippen LogP) is 3.31. The lowest BCUT2D eigenvalue weighted by Gasteiger charge is -2.06. The fraction of sp³-hybridized carbons (Fsp3) is 0.333. The van der Waals surface area contributed by atoms with Gasteiger partial charge in [-0.25, -0.2) is 0 Å². The minimum atomic E-state index is -0.419. The molecule has 1 N–H and O–H groups in total. The summed E-state index contributed by atoms with van der Waals surface area (Å²) in [5.41, 5.74) is 0. The van der Waals surface area contributed by atoms with Gasteiger partial charge in [0.25, 0.3) is 5.91 Å². The third-order valence-electron chi connectivity index (χ3n) is 1.74. The van der Waals surface area contributed by atoms with E-state index in [1.807, 2.05) is 13.0 Å². The lowest BCUT2D eigenvalue weighted by atomic mass is 10.2. The van der Waals surface area contributed by atoms with E-state index in [2.05, 4.69) is 37.2 Å². The van der Waals surface area contributed by atoms with Gasteiger partial charge in [0.15, 0.2) is 0 Å². The van der Waals surface area contributed by atoms with Crippen LogP contribution in [0.15, 0.2) is 14.3 Å². The molecule has 6 heteroatoms. The topological polar surface area (TPSA) is 52.9 Å². The van der Waals surface area contributed by atoms with Gasteiger partial charge in [0.05, 0.1) is 14.7 Å². The standard InChI is InChI=1S/C9H8Br2N2OS/c1-2-5(4-12)13-9(14)7-3-6(10)8(11)15-7/h3,5H,2H2,1H3,(H,13,14). The van der Waals surface area contributed by atoms with Crippen LogP contribution < -0.4 is 5.32 Å². The zero-order chi connectivity index (χ0) is 11.4. The zero-order valence-electron chi connectivity index (χ0n) is 7.88. The van der Waals surface area contributed by atoms with Gasteiger partial charge >= 0.3 is 0 Å². The predicted molar refractivity (Wildman–Crippen MR) is 66.9 cm³/mol. The smallest absolute Gasteiger partial charge is 0.262 e. The van der Waals surface area contributed by atoms with Crippen molar-refractivity contribution < 1.29 is 4.79 Å². The van der Waals surface area contributed by atoms with Crippen LogP contribution in [0.5, 0.6) is 0 Å². The van der Waals surface area contributed by atoms with Gasteiger partial charge in [0.2, 0.25) is 0 Å². The average molecular weight is 352 g/mol. The van der Waals surface area contributed by atoms with Crippen LogP contribution >= 0.6 is 43.2 Å². The molecule has 3 nitrogen and oxygen atoms in total. The number of halogens is 2. The van der Waals surface area contributed by atoms with E-state index < -0.39 is 6.04 Å². The normalized spacial score (nSPS) is 11.9. The van der Waals surface area contributed by atoms with Crippen LogP contribution in [0.1, 0.15) is 23.0 Å². The largest absolute Gasteiger partial charge is 0.336 e. The Morgan fingerprint density at radius 2 is 2.40 bits per heavy atom. The summed E-state index contributed by atoms with van der Waals surface area (Å²) < 4.78 is 1.72. The number of amides is 1. The maximum Gasteiger partial charge on any atom is 0.262 e. The highest BCUT2D eigenvalue weighted by atomic mass is 79.9. The van der Waals surface area contributed by atoms with E-state index in [9.17, 15) is 4.79 Å². The molecule has 0 spiro atoms. The highest BCUT2D eigenvalue weighted by Gasteiger charge is 2.14. The summed E-state index contributed by atoms with van der Waals surface area (Å²) >= 11 is 7.95. The van der Waals surface area contributed by atoms with E-state index >= 15 is 0 Å². The average Bonchev–Trinajstić information content (AvgIpc) is 2.55.